The SMILES string of the molecule is CCCCC(CC)CC(NC)C(F)(F)F. The average molecular weight is 225 g/mol. The molecular weight excluding hydrogens is 203 g/mol. The summed E-state index contributed by atoms with van der Waals surface area (Å²) in [5, 5.41) is 2.36. The molecule has 4 heteroatoms. The molecule has 0 aromatic rings. The van der Waals surface area contributed by atoms with E-state index in [2.05, 4.69) is 12.2 Å². The molecule has 0 saturated heterocycles. The molecule has 0 aliphatic carbocycles. The molecule has 92 valence electrons. The van der Waals surface area contributed by atoms with Crippen LogP contribution in [0.25, 0.3) is 0 Å². The van der Waals surface area contributed by atoms with Crippen LogP contribution in [0, 0.1) is 5.92 Å². The van der Waals surface area contributed by atoms with Crippen LogP contribution >= 0.6 is 0 Å². The Morgan fingerprint density at radius 2 is 1.80 bits per heavy atom. The lowest BCUT2D eigenvalue weighted by Gasteiger charge is -2.24. The van der Waals surface area contributed by atoms with E-state index in [-0.39, 0.29) is 12.3 Å². The van der Waals surface area contributed by atoms with Gasteiger partial charge < -0.3 is 5.32 Å². The first kappa shape index (κ1) is 14.8. The molecule has 0 bridgehead atoms. The van der Waals surface area contributed by atoms with Crippen LogP contribution in [0.4, 0.5) is 13.2 Å². The molecule has 2 atom stereocenters. The fourth-order valence-electron chi connectivity index (χ4n) is 1.73. The van der Waals surface area contributed by atoms with Gasteiger partial charge in [-0.15, -0.1) is 0 Å². The van der Waals surface area contributed by atoms with Gasteiger partial charge in [-0.3, -0.25) is 0 Å². The van der Waals surface area contributed by atoms with E-state index in [0.717, 1.165) is 25.7 Å². The van der Waals surface area contributed by atoms with Crippen molar-refractivity contribution in [3.8, 4) is 0 Å². The van der Waals surface area contributed by atoms with Gasteiger partial charge in [0.2, 0.25) is 0 Å². The Morgan fingerprint density at radius 1 is 1.20 bits per heavy atom. The van der Waals surface area contributed by atoms with Crippen molar-refractivity contribution < 1.29 is 13.2 Å². The first-order valence-corrected chi connectivity index (χ1v) is 5.69. The van der Waals surface area contributed by atoms with Crippen molar-refractivity contribution in [3.05, 3.63) is 0 Å². The summed E-state index contributed by atoms with van der Waals surface area (Å²) in [5.41, 5.74) is 0. The topological polar surface area (TPSA) is 12.0 Å². The van der Waals surface area contributed by atoms with Gasteiger partial charge in [-0.25, -0.2) is 0 Å². The summed E-state index contributed by atoms with van der Waals surface area (Å²) in [6, 6.07) is -1.35. The van der Waals surface area contributed by atoms with E-state index in [1.165, 1.54) is 7.05 Å². The zero-order valence-corrected chi connectivity index (χ0v) is 9.82. The van der Waals surface area contributed by atoms with E-state index in [1.54, 1.807) is 0 Å². The lowest BCUT2D eigenvalue weighted by atomic mass is 9.92. The second-order valence-corrected chi connectivity index (χ2v) is 4.04. The van der Waals surface area contributed by atoms with Gasteiger partial charge in [-0.05, 0) is 19.4 Å². The molecule has 0 rings (SSSR count). The number of unbranched alkanes of at least 4 members (excludes halogenated alkanes) is 1. The molecule has 1 N–H and O–H groups in total. The summed E-state index contributed by atoms with van der Waals surface area (Å²) in [6.45, 7) is 4.02. The zero-order valence-electron chi connectivity index (χ0n) is 9.82. The highest BCUT2D eigenvalue weighted by Crippen LogP contribution is 2.28. The van der Waals surface area contributed by atoms with Crippen molar-refractivity contribution in [2.24, 2.45) is 5.92 Å². The third kappa shape index (κ3) is 6.03. The van der Waals surface area contributed by atoms with Crippen LogP contribution in [-0.4, -0.2) is 19.3 Å². The van der Waals surface area contributed by atoms with Crippen molar-refractivity contribution in [3.63, 3.8) is 0 Å². The van der Waals surface area contributed by atoms with Gasteiger partial charge in [0.1, 0.15) is 6.04 Å². The maximum Gasteiger partial charge on any atom is 0.403 e. The molecule has 0 spiro atoms. The van der Waals surface area contributed by atoms with Crippen LogP contribution in [0.15, 0.2) is 0 Å². The summed E-state index contributed by atoms with van der Waals surface area (Å²) in [7, 11) is 1.38. The van der Waals surface area contributed by atoms with Crippen LogP contribution in [-0.2, 0) is 0 Å². The predicted molar refractivity (Wildman–Crippen MR) is 56.8 cm³/mol. The highest BCUT2D eigenvalue weighted by molar-refractivity contribution is 4.76. The molecule has 0 aromatic heterocycles. The highest BCUT2D eigenvalue weighted by Gasteiger charge is 2.39. The first-order valence-electron chi connectivity index (χ1n) is 5.69. The lowest BCUT2D eigenvalue weighted by molar-refractivity contribution is -0.158. The minimum atomic E-state index is -4.12. The summed E-state index contributed by atoms with van der Waals surface area (Å²) in [4.78, 5) is 0. The second-order valence-electron chi connectivity index (χ2n) is 4.04. The molecule has 2 unspecified atom stereocenters. The van der Waals surface area contributed by atoms with Gasteiger partial charge in [-0.2, -0.15) is 13.2 Å². The van der Waals surface area contributed by atoms with Gasteiger partial charge in [0.15, 0.2) is 0 Å². The monoisotopic (exact) mass is 225 g/mol. The van der Waals surface area contributed by atoms with Gasteiger partial charge >= 0.3 is 6.18 Å². The fourth-order valence-corrected chi connectivity index (χ4v) is 1.73. The van der Waals surface area contributed by atoms with Crippen molar-refractivity contribution in [1.82, 2.24) is 5.32 Å². The molecule has 0 aliphatic heterocycles. The third-order valence-corrected chi connectivity index (χ3v) is 2.86. The quantitative estimate of drug-likeness (QED) is 0.696. The normalized spacial score (nSPS) is 16.4. The molecule has 1 nitrogen and oxygen atoms in total. The Hall–Kier alpha value is -0.250. The summed E-state index contributed by atoms with van der Waals surface area (Å²) in [5.74, 6) is 0.184. The Labute approximate surface area is 90.4 Å². The summed E-state index contributed by atoms with van der Waals surface area (Å²) < 4.78 is 37.4. The van der Waals surface area contributed by atoms with Crippen LogP contribution in [0.3, 0.4) is 0 Å². The third-order valence-electron chi connectivity index (χ3n) is 2.86. The largest absolute Gasteiger partial charge is 0.403 e. The summed E-state index contributed by atoms with van der Waals surface area (Å²) >= 11 is 0. The van der Waals surface area contributed by atoms with Gasteiger partial charge in [0.05, 0.1) is 0 Å². The predicted octanol–water partition coefficient (Wildman–Crippen LogP) is 3.74. The Bertz CT molecular complexity index is 156. The van der Waals surface area contributed by atoms with Crippen molar-refractivity contribution in [1.29, 1.82) is 0 Å². The van der Waals surface area contributed by atoms with E-state index in [9.17, 15) is 13.2 Å². The number of rotatable bonds is 7. The molecule has 15 heavy (non-hydrogen) atoms. The molecule has 0 aromatic carbocycles. The first-order chi connectivity index (χ1) is 6.95. The number of nitrogens with one attached hydrogen (secondary N) is 1. The summed E-state index contributed by atoms with van der Waals surface area (Å²) in [6.07, 6.45) is -0.111. The van der Waals surface area contributed by atoms with Gasteiger partial charge in [0, 0.05) is 0 Å². The number of halogens is 3. The van der Waals surface area contributed by atoms with Crippen molar-refractivity contribution in [2.45, 2.75) is 58.2 Å². The number of hydrogen-bond donors (Lipinski definition) is 1. The molecule has 0 heterocycles. The zero-order chi connectivity index (χ0) is 11.9. The molecule has 0 amide bonds. The van der Waals surface area contributed by atoms with E-state index in [0.29, 0.717) is 0 Å². The van der Waals surface area contributed by atoms with E-state index in [1.807, 2.05) is 6.92 Å². The number of hydrogen-bond acceptors (Lipinski definition) is 1. The van der Waals surface area contributed by atoms with Crippen LogP contribution in [0.1, 0.15) is 46.0 Å². The van der Waals surface area contributed by atoms with Crippen molar-refractivity contribution in [2.75, 3.05) is 7.05 Å². The van der Waals surface area contributed by atoms with E-state index in [4.69, 9.17) is 0 Å². The molecule has 0 fully saturated rings. The lowest BCUT2D eigenvalue weighted by Crippen LogP contribution is -2.41. The molecular formula is C11H22F3N. The average Bonchev–Trinajstić information content (AvgIpc) is 2.16. The minimum absolute atomic E-state index is 0.184. The van der Waals surface area contributed by atoms with Gasteiger partial charge in [0.25, 0.3) is 0 Å². The Kier molecular flexibility index (Phi) is 6.98. The second kappa shape index (κ2) is 7.09. The standard InChI is InChI=1S/C11H22F3N/c1-4-6-7-9(5-2)8-10(15-3)11(12,13)14/h9-10,15H,4-8H2,1-3H3. The molecule has 0 aliphatic rings. The molecule has 0 radical (unpaired) electrons. The maximum atomic E-state index is 12.5. The Morgan fingerprint density at radius 3 is 2.13 bits per heavy atom. The fraction of sp³-hybridized carbons (Fsp3) is 1.00. The minimum Gasteiger partial charge on any atom is -0.309 e. The Balaban J connectivity index is 4.12. The number of alkyl halides is 3. The smallest absolute Gasteiger partial charge is 0.309 e. The van der Waals surface area contributed by atoms with E-state index < -0.39 is 12.2 Å². The van der Waals surface area contributed by atoms with Crippen LogP contribution < -0.4 is 5.32 Å². The van der Waals surface area contributed by atoms with Crippen molar-refractivity contribution >= 4 is 0 Å². The van der Waals surface area contributed by atoms with E-state index >= 15 is 0 Å². The maximum absolute atomic E-state index is 12.5. The highest BCUT2D eigenvalue weighted by atomic mass is 19.4. The van der Waals surface area contributed by atoms with Gasteiger partial charge in [-0.1, -0.05) is 39.5 Å². The molecule has 0 saturated carbocycles. The van der Waals surface area contributed by atoms with Crippen LogP contribution in [0.5, 0.6) is 0 Å². The van der Waals surface area contributed by atoms with Crippen LogP contribution in [0.2, 0.25) is 0 Å².